The lowest BCUT2D eigenvalue weighted by atomic mass is 9.95. The summed E-state index contributed by atoms with van der Waals surface area (Å²) < 4.78 is 5.29. The number of hydrogen-bond acceptors (Lipinski definition) is 6. The van der Waals surface area contributed by atoms with E-state index in [1.165, 1.54) is 0 Å². The molecule has 6 nitrogen and oxygen atoms in total. The minimum Gasteiger partial charge on any atom is -0.497 e. The largest absolute Gasteiger partial charge is 0.497 e. The van der Waals surface area contributed by atoms with Gasteiger partial charge in [-0.3, -0.25) is 4.79 Å². The number of fused-ring (bicyclic) bond motifs is 1. The number of carbonyl (C=O) groups is 1. The molecule has 1 aromatic heterocycles. The molecule has 1 aliphatic rings. The van der Waals surface area contributed by atoms with Crippen LogP contribution in [-0.4, -0.2) is 22.9 Å². The van der Waals surface area contributed by atoms with Crippen LogP contribution < -0.4 is 15.4 Å². The summed E-state index contributed by atoms with van der Waals surface area (Å²) in [4.78, 5) is 21.8. The lowest BCUT2D eigenvalue weighted by Gasteiger charge is -2.19. The Balaban J connectivity index is 1.73. The van der Waals surface area contributed by atoms with Crippen molar-refractivity contribution >= 4 is 28.9 Å². The second-order valence-electron chi connectivity index (χ2n) is 6.85. The third kappa shape index (κ3) is 3.81. The maximum Gasteiger partial charge on any atom is 0.229 e. The van der Waals surface area contributed by atoms with Gasteiger partial charge in [0.15, 0.2) is 5.78 Å². The van der Waals surface area contributed by atoms with Gasteiger partial charge in [0.25, 0.3) is 0 Å². The summed E-state index contributed by atoms with van der Waals surface area (Å²) >= 11 is 0. The maximum absolute atomic E-state index is 12.6. The molecule has 0 atom stereocenters. The van der Waals surface area contributed by atoms with Crippen molar-refractivity contribution in [1.29, 1.82) is 0 Å². The van der Waals surface area contributed by atoms with Crippen LogP contribution in [0.25, 0.3) is 0 Å². The highest BCUT2D eigenvalue weighted by molar-refractivity contribution is 6.03. The molecule has 28 heavy (non-hydrogen) atoms. The summed E-state index contributed by atoms with van der Waals surface area (Å²) in [6.45, 7) is 2.04. The Bertz CT molecular complexity index is 1030. The number of benzene rings is 2. The van der Waals surface area contributed by atoms with Gasteiger partial charge in [-0.1, -0.05) is 18.2 Å². The van der Waals surface area contributed by atoms with Gasteiger partial charge in [0.1, 0.15) is 11.6 Å². The number of aryl methyl sites for hydroxylation is 2. The molecule has 4 rings (SSSR count). The first kappa shape index (κ1) is 18.0. The van der Waals surface area contributed by atoms with Gasteiger partial charge >= 0.3 is 0 Å². The lowest BCUT2D eigenvalue weighted by molar-refractivity contribution is 0.0972. The highest BCUT2D eigenvalue weighted by atomic mass is 16.5. The first-order valence-corrected chi connectivity index (χ1v) is 9.31. The summed E-state index contributed by atoms with van der Waals surface area (Å²) in [5, 5.41) is 6.54. The zero-order chi connectivity index (χ0) is 19.5. The quantitative estimate of drug-likeness (QED) is 0.668. The molecule has 0 aliphatic heterocycles. The molecule has 1 heterocycles. The Hall–Kier alpha value is -3.41. The summed E-state index contributed by atoms with van der Waals surface area (Å²) in [5.74, 6) is 1.81. The van der Waals surface area contributed by atoms with Gasteiger partial charge in [-0.25, -0.2) is 4.98 Å². The summed E-state index contributed by atoms with van der Waals surface area (Å²) in [6.07, 6.45) is 2.10. The molecule has 0 spiro atoms. The molecule has 142 valence electrons. The fraction of sp³-hybridized carbons (Fsp3) is 0.227. The molecule has 1 aliphatic carbocycles. The third-order valence-corrected chi connectivity index (χ3v) is 4.69. The average Bonchev–Trinajstić information content (AvgIpc) is 2.68. The number of ketones is 1. The van der Waals surface area contributed by atoms with E-state index in [1.54, 1.807) is 7.11 Å². The highest BCUT2D eigenvalue weighted by Crippen LogP contribution is 2.30. The number of methoxy groups -OCH3 is 1. The van der Waals surface area contributed by atoms with Crippen molar-refractivity contribution in [2.24, 2.45) is 0 Å². The monoisotopic (exact) mass is 374 g/mol. The molecule has 6 heteroatoms. The minimum absolute atomic E-state index is 0.0775. The van der Waals surface area contributed by atoms with E-state index in [0.29, 0.717) is 23.8 Å². The van der Waals surface area contributed by atoms with Gasteiger partial charge in [-0.2, -0.15) is 4.98 Å². The van der Waals surface area contributed by atoms with Crippen molar-refractivity contribution in [3.8, 4) is 5.75 Å². The van der Waals surface area contributed by atoms with Crippen molar-refractivity contribution in [3.05, 3.63) is 65.4 Å². The number of rotatable bonds is 5. The van der Waals surface area contributed by atoms with Gasteiger partial charge in [-0.15, -0.1) is 0 Å². The van der Waals surface area contributed by atoms with E-state index in [1.807, 2.05) is 55.5 Å². The van der Waals surface area contributed by atoms with Crippen molar-refractivity contribution in [2.75, 3.05) is 17.7 Å². The van der Waals surface area contributed by atoms with Crippen LogP contribution in [0.15, 0.2) is 48.5 Å². The Morgan fingerprint density at radius 1 is 0.964 bits per heavy atom. The number of ether oxygens (including phenoxy) is 1. The van der Waals surface area contributed by atoms with E-state index in [0.717, 1.165) is 41.2 Å². The SMILES string of the molecule is COc1cccc(Nc2nc(Nc3cccc(C)c3)nc3c2C(=O)CCC3)c1. The van der Waals surface area contributed by atoms with Crippen LogP contribution in [-0.2, 0) is 6.42 Å². The molecule has 0 fully saturated rings. The van der Waals surface area contributed by atoms with Gasteiger partial charge in [0.2, 0.25) is 5.95 Å². The Kier molecular flexibility index (Phi) is 4.93. The predicted molar refractivity (Wildman–Crippen MR) is 110 cm³/mol. The Labute approximate surface area is 164 Å². The van der Waals surface area contributed by atoms with E-state index in [9.17, 15) is 4.79 Å². The van der Waals surface area contributed by atoms with Gasteiger partial charge in [0, 0.05) is 23.9 Å². The molecular weight excluding hydrogens is 352 g/mol. The number of aromatic nitrogens is 2. The Morgan fingerprint density at radius 2 is 1.75 bits per heavy atom. The number of Topliss-reactive ketones (excluding diaryl/α,β-unsaturated/α-hetero) is 1. The fourth-order valence-corrected chi connectivity index (χ4v) is 3.36. The maximum atomic E-state index is 12.6. The average molecular weight is 374 g/mol. The second-order valence-corrected chi connectivity index (χ2v) is 6.85. The summed E-state index contributed by atoms with van der Waals surface area (Å²) in [7, 11) is 1.62. The topological polar surface area (TPSA) is 76.1 Å². The van der Waals surface area contributed by atoms with E-state index >= 15 is 0 Å². The molecule has 2 N–H and O–H groups in total. The number of nitrogens with zero attached hydrogens (tertiary/aromatic N) is 2. The molecule has 0 radical (unpaired) electrons. The zero-order valence-corrected chi connectivity index (χ0v) is 16.0. The number of nitrogens with one attached hydrogen (secondary N) is 2. The fourth-order valence-electron chi connectivity index (χ4n) is 3.36. The van der Waals surface area contributed by atoms with E-state index in [2.05, 4.69) is 20.6 Å². The van der Waals surface area contributed by atoms with Gasteiger partial charge in [-0.05, 0) is 49.6 Å². The van der Waals surface area contributed by atoms with E-state index < -0.39 is 0 Å². The molecule has 0 amide bonds. The van der Waals surface area contributed by atoms with Crippen LogP contribution >= 0.6 is 0 Å². The van der Waals surface area contributed by atoms with Gasteiger partial charge in [0.05, 0.1) is 18.4 Å². The van der Waals surface area contributed by atoms with Crippen LogP contribution in [0.5, 0.6) is 5.75 Å². The van der Waals surface area contributed by atoms with Crippen molar-refractivity contribution in [1.82, 2.24) is 9.97 Å². The lowest BCUT2D eigenvalue weighted by Crippen LogP contribution is -2.17. The predicted octanol–water partition coefficient (Wildman–Crippen LogP) is 4.80. The number of anilines is 4. The highest BCUT2D eigenvalue weighted by Gasteiger charge is 2.24. The van der Waals surface area contributed by atoms with Crippen LogP contribution in [0, 0.1) is 6.92 Å². The van der Waals surface area contributed by atoms with Crippen molar-refractivity contribution < 1.29 is 9.53 Å². The molecular formula is C22H22N4O2. The van der Waals surface area contributed by atoms with Crippen molar-refractivity contribution in [3.63, 3.8) is 0 Å². The zero-order valence-electron chi connectivity index (χ0n) is 16.0. The standard InChI is InChI=1S/C22H22N4O2/c1-14-6-3-7-15(12-14)24-22-25-18-10-5-11-19(27)20(18)21(26-22)23-16-8-4-9-17(13-16)28-2/h3-4,6-9,12-13H,5,10-11H2,1-2H3,(H2,23,24,25,26). The first-order valence-electron chi connectivity index (χ1n) is 9.31. The smallest absolute Gasteiger partial charge is 0.229 e. The normalized spacial score (nSPS) is 13.0. The number of hydrogen-bond donors (Lipinski definition) is 2. The second kappa shape index (κ2) is 7.68. The first-order chi connectivity index (χ1) is 13.6. The number of carbonyl (C=O) groups excluding carboxylic acids is 1. The molecule has 0 bridgehead atoms. The van der Waals surface area contributed by atoms with Crippen LogP contribution in [0.4, 0.5) is 23.1 Å². The minimum atomic E-state index is 0.0775. The molecule has 0 saturated heterocycles. The summed E-state index contributed by atoms with van der Waals surface area (Å²) in [6, 6.07) is 15.6. The van der Waals surface area contributed by atoms with Crippen molar-refractivity contribution in [2.45, 2.75) is 26.2 Å². The van der Waals surface area contributed by atoms with Gasteiger partial charge < -0.3 is 15.4 Å². The molecule has 0 saturated carbocycles. The third-order valence-electron chi connectivity index (χ3n) is 4.69. The Morgan fingerprint density at radius 3 is 2.54 bits per heavy atom. The van der Waals surface area contributed by atoms with E-state index in [4.69, 9.17) is 4.74 Å². The van der Waals surface area contributed by atoms with Crippen LogP contribution in [0.2, 0.25) is 0 Å². The van der Waals surface area contributed by atoms with Crippen LogP contribution in [0.3, 0.4) is 0 Å². The van der Waals surface area contributed by atoms with Crippen LogP contribution in [0.1, 0.15) is 34.5 Å². The molecule has 3 aromatic rings. The molecule has 2 aromatic carbocycles. The summed E-state index contributed by atoms with van der Waals surface area (Å²) in [5.41, 5.74) is 4.23. The van der Waals surface area contributed by atoms with E-state index in [-0.39, 0.29) is 5.78 Å². The molecule has 0 unspecified atom stereocenters.